The number of ether oxygens (including phenoxy) is 1. The molecular formula is C22H32N2O3. The Bertz CT molecular complexity index is 665. The number of amides is 2. The van der Waals surface area contributed by atoms with Gasteiger partial charge in [-0.05, 0) is 63.1 Å². The molecule has 1 aromatic carbocycles. The molecule has 1 spiro atoms. The third-order valence-corrected chi connectivity index (χ3v) is 6.03. The van der Waals surface area contributed by atoms with Crippen LogP contribution in [-0.4, -0.2) is 41.1 Å². The van der Waals surface area contributed by atoms with Crippen molar-refractivity contribution >= 4 is 11.8 Å². The van der Waals surface area contributed by atoms with E-state index in [1.165, 1.54) is 5.56 Å². The summed E-state index contributed by atoms with van der Waals surface area (Å²) in [7, 11) is 0. The second kappa shape index (κ2) is 8.42. The van der Waals surface area contributed by atoms with E-state index in [2.05, 4.69) is 12.2 Å². The van der Waals surface area contributed by atoms with Crippen LogP contribution in [0.3, 0.4) is 0 Å². The highest BCUT2D eigenvalue weighted by Crippen LogP contribution is 2.41. The molecule has 1 heterocycles. The highest BCUT2D eigenvalue weighted by Gasteiger charge is 2.53. The number of aryl methyl sites for hydroxylation is 1. The molecule has 27 heavy (non-hydrogen) atoms. The van der Waals surface area contributed by atoms with Crippen molar-refractivity contribution in [2.24, 2.45) is 0 Å². The summed E-state index contributed by atoms with van der Waals surface area (Å²) in [6, 6.07) is 7.26. The van der Waals surface area contributed by atoms with Crippen molar-refractivity contribution in [3.8, 4) is 0 Å². The van der Waals surface area contributed by atoms with Gasteiger partial charge in [-0.3, -0.25) is 14.5 Å². The highest BCUT2D eigenvalue weighted by atomic mass is 16.5. The highest BCUT2D eigenvalue weighted by molar-refractivity contribution is 5.98. The van der Waals surface area contributed by atoms with Gasteiger partial charge in [0.15, 0.2) is 0 Å². The van der Waals surface area contributed by atoms with Crippen LogP contribution >= 0.6 is 0 Å². The minimum Gasteiger partial charge on any atom is -0.353 e. The van der Waals surface area contributed by atoms with Crippen LogP contribution in [0, 0.1) is 0 Å². The van der Waals surface area contributed by atoms with Gasteiger partial charge < -0.3 is 10.1 Å². The fourth-order valence-corrected chi connectivity index (χ4v) is 4.13. The van der Waals surface area contributed by atoms with Crippen molar-refractivity contribution in [2.75, 3.05) is 6.61 Å². The quantitative estimate of drug-likeness (QED) is 0.858. The fraction of sp³-hybridized carbons (Fsp3) is 0.636. The maximum atomic E-state index is 13.5. The number of nitrogens with zero attached hydrogens (tertiary/aromatic N) is 1. The number of rotatable bonds is 5. The lowest BCUT2D eigenvalue weighted by Gasteiger charge is -2.41. The first kappa shape index (κ1) is 19.9. The minimum absolute atomic E-state index is 0.0844. The van der Waals surface area contributed by atoms with E-state index in [0.29, 0.717) is 5.56 Å². The molecule has 0 radical (unpaired) electrons. The number of hydrogen-bond donors (Lipinski definition) is 1. The summed E-state index contributed by atoms with van der Waals surface area (Å²) in [6.07, 6.45) is 6.61. The van der Waals surface area contributed by atoms with Crippen LogP contribution in [-0.2, 0) is 16.0 Å². The molecular weight excluding hydrogens is 340 g/mol. The Morgan fingerprint density at radius 1 is 1.19 bits per heavy atom. The van der Waals surface area contributed by atoms with Crippen LogP contribution in [0.1, 0.15) is 75.2 Å². The number of carbonyl (C=O) groups is 2. The molecule has 1 N–H and O–H groups in total. The zero-order valence-electron chi connectivity index (χ0n) is 16.8. The van der Waals surface area contributed by atoms with Gasteiger partial charge in [0.05, 0.1) is 6.61 Å². The molecule has 0 aromatic heterocycles. The third-order valence-electron chi connectivity index (χ3n) is 6.03. The average Bonchev–Trinajstić information content (AvgIpc) is 3.06. The van der Waals surface area contributed by atoms with Gasteiger partial charge in [0.25, 0.3) is 5.91 Å². The summed E-state index contributed by atoms with van der Waals surface area (Å²) in [4.78, 5) is 28.1. The summed E-state index contributed by atoms with van der Waals surface area (Å²) in [5.41, 5.74) is 1.20. The first-order valence-electron chi connectivity index (χ1n) is 10.4. The molecule has 1 aliphatic heterocycles. The smallest absolute Gasteiger partial charge is 0.256 e. The lowest BCUT2D eigenvalue weighted by molar-refractivity contribution is -0.127. The number of hydrogen-bond acceptors (Lipinski definition) is 3. The van der Waals surface area contributed by atoms with Gasteiger partial charge in [0.2, 0.25) is 5.91 Å². The topological polar surface area (TPSA) is 58.6 Å². The van der Waals surface area contributed by atoms with Crippen LogP contribution in [0.5, 0.6) is 0 Å². The van der Waals surface area contributed by atoms with Crippen LogP contribution in [0.4, 0.5) is 0 Å². The van der Waals surface area contributed by atoms with Crippen molar-refractivity contribution in [1.29, 1.82) is 0 Å². The van der Waals surface area contributed by atoms with Gasteiger partial charge >= 0.3 is 0 Å². The van der Waals surface area contributed by atoms with Gasteiger partial charge in [0.1, 0.15) is 11.8 Å². The van der Waals surface area contributed by atoms with Gasteiger partial charge in [0, 0.05) is 11.6 Å². The number of benzene rings is 1. The zero-order valence-corrected chi connectivity index (χ0v) is 16.8. The third kappa shape index (κ3) is 4.03. The van der Waals surface area contributed by atoms with E-state index >= 15 is 0 Å². The second-order valence-corrected chi connectivity index (χ2v) is 7.88. The van der Waals surface area contributed by atoms with E-state index in [4.69, 9.17) is 4.74 Å². The molecule has 1 saturated carbocycles. The van der Waals surface area contributed by atoms with Crippen molar-refractivity contribution < 1.29 is 14.3 Å². The number of nitrogens with one attached hydrogen (secondary N) is 1. The molecule has 1 aliphatic carbocycles. The molecule has 3 rings (SSSR count). The van der Waals surface area contributed by atoms with E-state index < -0.39 is 11.8 Å². The van der Waals surface area contributed by atoms with E-state index in [0.717, 1.165) is 44.9 Å². The summed E-state index contributed by atoms with van der Waals surface area (Å²) in [6.45, 7) is 6.40. The molecule has 2 aliphatic rings. The van der Waals surface area contributed by atoms with E-state index in [1.807, 2.05) is 38.1 Å². The Morgan fingerprint density at radius 2 is 1.85 bits per heavy atom. The Balaban J connectivity index is 1.89. The molecule has 0 bridgehead atoms. The van der Waals surface area contributed by atoms with E-state index in [9.17, 15) is 9.59 Å². The molecule has 2 fully saturated rings. The normalized spacial score (nSPS) is 22.6. The van der Waals surface area contributed by atoms with Crippen LogP contribution in [0.25, 0.3) is 0 Å². The fourth-order valence-electron chi connectivity index (χ4n) is 4.13. The SMILES string of the molecule is CCc1ccc(C(=O)N2[C@@H](C(=O)N[C@H](C)CC)COC23CCCCC3)cc1. The van der Waals surface area contributed by atoms with Crippen molar-refractivity contribution in [3.05, 3.63) is 35.4 Å². The summed E-state index contributed by atoms with van der Waals surface area (Å²) < 4.78 is 6.17. The molecule has 5 heteroatoms. The monoisotopic (exact) mass is 372 g/mol. The van der Waals surface area contributed by atoms with Gasteiger partial charge in [-0.25, -0.2) is 0 Å². The summed E-state index contributed by atoms with van der Waals surface area (Å²) >= 11 is 0. The summed E-state index contributed by atoms with van der Waals surface area (Å²) in [5.74, 6) is -0.202. The molecule has 1 aromatic rings. The Kier molecular flexibility index (Phi) is 6.20. The van der Waals surface area contributed by atoms with Crippen molar-refractivity contribution in [1.82, 2.24) is 10.2 Å². The molecule has 1 saturated heterocycles. The minimum atomic E-state index is -0.629. The molecule has 0 unspecified atom stereocenters. The molecule has 148 valence electrons. The standard InChI is InChI=1S/C22H32N2O3/c1-4-16(3)23-20(25)19-15-27-22(13-7-6-8-14-22)24(19)21(26)18-11-9-17(5-2)10-12-18/h9-12,16,19H,4-8,13-15H2,1-3H3,(H,23,25)/t16-,19-/m1/s1. The van der Waals surface area contributed by atoms with Crippen molar-refractivity contribution in [2.45, 2.75) is 83.5 Å². The van der Waals surface area contributed by atoms with Crippen LogP contribution in [0.2, 0.25) is 0 Å². The molecule has 2 amide bonds. The van der Waals surface area contributed by atoms with E-state index in [-0.39, 0.29) is 24.5 Å². The first-order chi connectivity index (χ1) is 13.0. The Labute approximate surface area is 162 Å². The Morgan fingerprint density at radius 3 is 2.44 bits per heavy atom. The largest absolute Gasteiger partial charge is 0.353 e. The maximum Gasteiger partial charge on any atom is 0.256 e. The van der Waals surface area contributed by atoms with Gasteiger partial charge in [-0.15, -0.1) is 0 Å². The van der Waals surface area contributed by atoms with E-state index in [1.54, 1.807) is 4.90 Å². The van der Waals surface area contributed by atoms with Gasteiger partial charge in [-0.1, -0.05) is 32.4 Å². The Hall–Kier alpha value is -1.88. The molecule has 2 atom stereocenters. The van der Waals surface area contributed by atoms with Crippen LogP contribution < -0.4 is 5.32 Å². The zero-order chi connectivity index (χ0) is 19.4. The van der Waals surface area contributed by atoms with Gasteiger partial charge in [-0.2, -0.15) is 0 Å². The number of carbonyl (C=O) groups excluding carboxylic acids is 2. The van der Waals surface area contributed by atoms with Crippen LogP contribution in [0.15, 0.2) is 24.3 Å². The summed E-state index contributed by atoms with van der Waals surface area (Å²) in [5, 5.41) is 3.04. The first-order valence-corrected chi connectivity index (χ1v) is 10.4. The lowest BCUT2D eigenvalue weighted by Crippen LogP contribution is -2.57. The second-order valence-electron chi connectivity index (χ2n) is 7.88. The lowest BCUT2D eigenvalue weighted by atomic mass is 9.89. The predicted octanol–water partition coefficient (Wildman–Crippen LogP) is 3.67. The predicted molar refractivity (Wildman–Crippen MR) is 105 cm³/mol. The average molecular weight is 373 g/mol. The van der Waals surface area contributed by atoms with Crippen molar-refractivity contribution in [3.63, 3.8) is 0 Å². The maximum absolute atomic E-state index is 13.5. The molecule has 5 nitrogen and oxygen atoms in total.